The molecule has 0 spiro atoms. The second kappa shape index (κ2) is 9.37. The van der Waals surface area contributed by atoms with Gasteiger partial charge in [0.25, 0.3) is 11.5 Å². The van der Waals surface area contributed by atoms with Crippen LogP contribution in [0.2, 0.25) is 0 Å². The first-order valence-corrected chi connectivity index (χ1v) is 12.5. The minimum Gasteiger partial charge on any atom is -0.368 e. The van der Waals surface area contributed by atoms with Gasteiger partial charge in [0.15, 0.2) is 0 Å². The summed E-state index contributed by atoms with van der Waals surface area (Å²) in [5.41, 5.74) is 2.38. The molecule has 2 aliphatic heterocycles. The number of carbonyl (C=O) groups excluding carboxylic acids is 1. The molecule has 0 aliphatic carbocycles. The average molecular weight is 471 g/mol. The lowest BCUT2D eigenvalue weighted by atomic mass is 10.0. The van der Waals surface area contributed by atoms with E-state index >= 15 is 0 Å². The van der Waals surface area contributed by atoms with Gasteiger partial charge < -0.3 is 14.4 Å². The lowest BCUT2D eigenvalue weighted by Gasteiger charge is -2.37. The Bertz CT molecular complexity index is 1150. The Balaban J connectivity index is 1.92. The number of anilines is 1. The van der Waals surface area contributed by atoms with Crippen molar-refractivity contribution in [2.75, 3.05) is 37.6 Å². The second-order valence-electron chi connectivity index (χ2n) is 8.40. The van der Waals surface area contributed by atoms with Crippen molar-refractivity contribution in [3.05, 3.63) is 45.1 Å². The number of thiocarbonyl (C=S) groups is 1. The van der Waals surface area contributed by atoms with Crippen molar-refractivity contribution < 1.29 is 4.79 Å². The third-order valence-corrected chi connectivity index (χ3v) is 7.58. The average Bonchev–Trinajstić information content (AvgIpc) is 3.07. The van der Waals surface area contributed by atoms with E-state index in [4.69, 9.17) is 12.2 Å². The zero-order valence-electron chi connectivity index (χ0n) is 19.1. The van der Waals surface area contributed by atoms with Gasteiger partial charge >= 0.3 is 0 Å². The molecule has 2 fully saturated rings. The molecule has 2 saturated heterocycles. The molecule has 1 aromatic carbocycles. The standard InChI is InChI=1S/C24H30N4O2S2/c1-5-25-11-13-26(14-12-25)21-17-9-7-8-10-19(17)27(6-2)22(29)18(21)15-20-23(30)28(16(3)4)24(31)32-20/h7-10,15-16H,5-6,11-14H2,1-4H3. The zero-order valence-corrected chi connectivity index (χ0v) is 20.8. The third-order valence-electron chi connectivity index (χ3n) is 6.25. The number of rotatable bonds is 5. The molecular weight excluding hydrogens is 440 g/mol. The van der Waals surface area contributed by atoms with Crippen molar-refractivity contribution >= 4 is 56.9 Å². The van der Waals surface area contributed by atoms with Crippen LogP contribution in [0.1, 0.15) is 33.3 Å². The van der Waals surface area contributed by atoms with Crippen molar-refractivity contribution in [1.82, 2.24) is 14.4 Å². The summed E-state index contributed by atoms with van der Waals surface area (Å²) in [6.45, 7) is 13.3. The lowest BCUT2D eigenvalue weighted by Crippen LogP contribution is -2.47. The summed E-state index contributed by atoms with van der Waals surface area (Å²) in [7, 11) is 0. The fourth-order valence-electron chi connectivity index (χ4n) is 4.54. The maximum Gasteiger partial charge on any atom is 0.266 e. The highest BCUT2D eigenvalue weighted by atomic mass is 32.2. The number of hydrogen-bond acceptors (Lipinski definition) is 6. The Morgan fingerprint density at radius 2 is 1.75 bits per heavy atom. The molecule has 4 rings (SSSR count). The molecule has 1 aromatic heterocycles. The second-order valence-corrected chi connectivity index (χ2v) is 10.1. The van der Waals surface area contributed by atoms with Gasteiger partial charge in [0.2, 0.25) is 0 Å². The maximum absolute atomic E-state index is 13.7. The van der Waals surface area contributed by atoms with Crippen molar-refractivity contribution in [2.24, 2.45) is 0 Å². The van der Waals surface area contributed by atoms with Crippen LogP contribution < -0.4 is 10.5 Å². The van der Waals surface area contributed by atoms with Crippen LogP contribution in [0.5, 0.6) is 0 Å². The molecule has 0 N–H and O–H groups in total. The highest BCUT2D eigenvalue weighted by Gasteiger charge is 2.34. The van der Waals surface area contributed by atoms with Crippen molar-refractivity contribution in [1.29, 1.82) is 0 Å². The van der Waals surface area contributed by atoms with E-state index in [0.717, 1.165) is 49.3 Å². The molecule has 3 heterocycles. The van der Waals surface area contributed by atoms with Crippen LogP contribution >= 0.6 is 24.0 Å². The number of likely N-dealkylation sites (N-methyl/N-ethyl adjacent to an activating group) is 1. The van der Waals surface area contributed by atoms with Crippen LogP contribution in [0.15, 0.2) is 34.0 Å². The number of fused-ring (bicyclic) bond motifs is 1. The van der Waals surface area contributed by atoms with E-state index in [1.807, 2.05) is 39.0 Å². The monoisotopic (exact) mass is 470 g/mol. The Labute approximate surface area is 198 Å². The number of aromatic nitrogens is 1. The maximum atomic E-state index is 13.7. The SMILES string of the molecule is CCN1CCN(c2c(C=C3SC(=S)N(C(C)C)C3=O)c(=O)n(CC)c3ccccc23)CC1. The Hall–Kier alpha value is -2.16. The number of nitrogens with zero attached hydrogens (tertiary/aromatic N) is 4. The molecule has 170 valence electrons. The predicted octanol–water partition coefficient (Wildman–Crippen LogP) is 3.77. The number of benzene rings is 1. The molecule has 6 nitrogen and oxygen atoms in total. The molecule has 8 heteroatoms. The first-order valence-electron chi connectivity index (χ1n) is 11.3. The smallest absolute Gasteiger partial charge is 0.266 e. The van der Waals surface area contributed by atoms with Gasteiger partial charge in [-0.1, -0.05) is 49.1 Å². The van der Waals surface area contributed by atoms with E-state index in [9.17, 15) is 9.59 Å². The van der Waals surface area contributed by atoms with Gasteiger partial charge in [0, 0.05) is 44.2 Å². The van der Waals surface area contributed by atoms with Gasteiger partial charge in [-0.2, -0.15) is 0 Å². The predicted molar refractivity (Wildman–Crippen MR) is 138 cm³/mol. The van der Waals surface area contributed by atoms with Crippen LogP contribution in [0, 0.1) is 0 Å². The highest BCUT2D eigenvalue weighted by molar-refractivity contribution is 8.26. The summed E-state index contributed by atoms with van der Waals surface area (Å²) in [5, 5.41) is 1.05. The van der Waals surface area contributed by atoms with Gasteiger partial charge in [0.05, 0.1) is 21.7 Å². The summed E-state index contributed by atoms with van der Waals surface area (Å²) >= 11 is 6.74. The summed E-state index contributed by atoms with van der Waals surface area (Å²) in [6, 6.07) is 8.06. The molecular formula is C24H30N4O2S2. The van der Waals surface area contributed by atoms with Crippen LogP contribution in [0.25, 0.3) is 17.0 Å². The summed E-state index contributed by atoms with van der Waals surface area (Å²) in [5.74, 6) is -0.118. The minimum atomic E-state index is -0.118. The number of pyridine rings is 1. The largest absolute Gasteiger partial charge is 0.368 e. The molecule has 0 saturated carbocycles. The molecule has 0 atom stereocenters. The first-order chi connectivity index (χ1) is 15.4. The summed E-state index contributed by atoms with van der Waals surface area (Å²) < 4.78 is 2.35. The molecule has 2 aliphatic rings. The zero-order chi connectivity index (χ0) is 23.0. The number of para-hydroxylation sites is 1. The Kier molecular flexibility index (Phi) is 6.74. The van der Waals surface area contributed by atoms with Crippen LogP contribution in [0.4, 0.5) is 5.69 Å². The van der Waals surface area contributed by atoms with E-state index in [1.54, 1.807) is 15.5 Å². The number of amides is 1. The van der Waals surface area contributed by atoms with Gasteiger partial charge in [0.1, 0.15) is 4.32 Å². The first kappa shape index (κ1) is 23.0. The Morgan fingerprint density at radius 3 is 2.34 bits per heavy atom. The van der Waals surface area contributed by atoms with E-state index < -0.39 is 0 Å². The fourth-order valence-corrected chi connectivity index (χ4v) is 6.04. The van der Waals surface area contributed by atoms with E-state index in [-0.39, 0.29) is 17.5 Å². The van der Waals surface area contributed by atoms with Crippen LogP contribution in [-0.4, -0.2) is 63.4 Å². The van der Waals surface area contributed by atoms with Crippen molar-refractivity contribution in [3.8, 4) is 0 Å². The molecule has 1 amide bonds. The van der Waals surface area contributed by atoms with Crippen molar-refractivity contribution in [3.63, 3.8) is 0 Å². The van der Waals surface area contributed by atoms with E-state index in [0.29, 0.717) is 21.3 Å². The minimum absolute atomic E-state index is 0.0149. The molecule has 0 unspecified atom stereocenters. The number of carbonyl (C=O) groups is 1. The molecule has 0 bridgehead atoms. The number of thioether (sulfide) groups is 1. The van der Waals surface area contributed by atoms with Crippen molar-refractivity contribution in [2.45, 2.75) is 40.3 Å². The molecule has 0 radical (unpaired) electrons. The number of hydrogen-bond donors (Lipinski definition) is 0. The van der Waals surface area contributed by atoms with Gasteiger partial charge in [-0.15, -0.1) is 0 Å². The van der Waals surface area contributed by atoms with Crippen LogP contribution in [0.3, 0.4) is 0 Å². The number of aryl methyl sites for hydroxylation is 1. The van der Waals surface area contributed by atoms with Gasteiger partial charge in [-0.3, -0.25) is 14.5 Å². The van der Waals surface area contributed by atoms with Gasteiger partial charge in [-0.25, -0.2) is 0 Å². The Morgan fingerprint density at radius 1 is 1.06 bits per heavy atom. The summed E-state index contributed by atoms with van der Waals surface area (Å²) in [4.78, 5) is 33.7. The molecule has 2 aromatic rings. The van der Waals surface area contributed by atoms with Crippen LogP contribution in [-0.2, 0) is 11.3 Å². The lowest BCUT2D eigenvalue weighted by molar-refractivity contribution is -0.123. The van der Waals surface area contributed by atoms with E-state index in [2.05, 4.69) is 22.8 Å². The number of piperazine rings is 1. The fraction of sp³-hybridized carbons (Fsp3) is 0.458. The normalized spacial score (nSPS) is 19.2. The third kappa shape index (κ3) is 4.00. The van der Waals surface area contributed by atoms with E-state index in [1.165, 1.54) is 11.8 Å². The molecule has 32 heavy (non-hydrogen) atoms. The quantitative estimate of drug-likeness (QED) is 0.490. The highest BCUT2D eigenvalue weighted by Crippen LogP contribution is 2.37. The summed E-state index contributed by atoms with van der Waals surface area (Å²) in [6.07, 6.45) is 1.78. The topological polar surface area (TPSA) is 48.8 Å². The van der Waals surface area contributed by atoms with Gasteiger partial charge in [-0.05, 0) is 39.5 Å².